The lowest BCUT2D eigenvalue weighted by molar-refractivity contribution is -0.385. The molecule has 0 radical (unpaired) electrons. The maximum atomic E-state index is 11.5. The van der Waals surface area contributed by atoms with Crippen LogP contribution in [-0.4, -0.2) is 20.9 Å². The van der Waals surface area contributed by atoms with E-state index in [1.165, 1.54) is 24.5 Å². The van der Waals surface area contributed by atoms with Gasteiger partial charge in [0, 0.05) is 18.5 Å². The highest BCUT2D eigenvalue weighted by Crippen LogP contribution is 2.18. The summed E-state index contributed by atoms with van der Waals surface area (Å²) in [4.78, 5) is 28.0. The molecule has 0 amide bonds. The first-order chi connectivity index (χ1) is 8.68. The number of esters is 1. The van der Waals surface area contributed by atoms with Crippen molar-refractivity contribution < 1.29 is 14.5 Å². The van der Waals surface area contributed by atoms with E-state index in [9.17, 15) is 14.9 Å². The van der Waals surface area contributed by atoms with Crippen molar-refractivity contribution in [3.8, 4) is 0 Å². The van der Waals surface area contributed by atoms with E-state index >= 15 is 0 Å². The lowest BCUT2D eigenvalue weighted by atomic mass is 10.2. The average molecular weight is 247 g/mol. The Balaban J connectivity index is 2.07. The molecule has 18 heavy (non-hydrogen) atoms. The first-order valence-electron chi connectivity index (χ1n) is 5.07. The molecule has 0 atom stereocenters. The zero-order chi connectivity index (χ0) is 13.0. The van der Waals surface area contributed by atoms with E-state index in [2.05, 4.69) is 9.97 Å². The minimum atomic E-state index is -0.654. The summed E-state index contributed by atoms with van der Waals surface area (Å²) < 4.78 is 4.93. The highest BCUT2D eigenvalue weighted by Gasteiger charge is 2.15. The van der Waals surface area contributed by atoms with Crippen molar-refractivity contribution in [2.75, 3.05) is 0 Å². The zero-order valence-electron chi connectivity index (χ0n) is 9.20. The van der Waals surface area contributed by atoms with Gasteiger partial charge in [-0.1, -0.05) is 12.1 Å². The summed E-state index contributed by atoms with van der Waals surface area (Å²) >= 11 is 0. The minimum absolute atomic E-state index is 0.0635. The van der Waals surface area contributed by atoms with Gasteiger partial charge in [-0.15, -0.1) is 0 Å². The topological polar surface area (TPSA) is 98.1 Å². The van der Waals surface area contributed by atoms with Crippen LogP contribution in [0.2, 0.25) is 0 Å². The van der Waals surface area contributed by atoms with Gasteiger partial charge < -0.3 is 9.72 Å². The van der Waals surface area contributed by atoms with Crippen LogP contribution in [0.4, 0.5) is 5.69 Å². The number of ether oxygens (including phenoxy) is 1. The van der Waals surface area contributed by atoms with Crippen molar-refractivity contribution in [1.29, 1.82) is 0 Å². The molecule has 2 rings (SSSR count). The zero-order valence-corrected chi connectivity index (χ0v) is 9.20. The number of H-pyrrole nitrogens is 1. The van der Waals surface area contributed by atoms with Crippen LogP contribution in [0.25, 0.3) is 0 Å². The van der Waals surface area contributed by atoms with Gasteiger partial charge in [-0.3, -0.25) is 10.1 Å². The Morgan fingerprint density at radius 3 is 2.89 bits per heavy atom. The van der Waals surface area contributed by atoms with Gasteiger partial charge >= 0.3 is 5.97 Å². The number of carbonyl (C=O) groups excluding carboxylic acids is 1. The highest BCUT2D eigenvalue weighted by atomic mass is 16.6. The van der Waals surface area contributed by atoms with Crippen LogP contribution in [0.15, 0.2) is 36.7 Å². The first kappa shape index (κ1) is 11.8. The molecule has 7 nitrogen and oxygen atoms in total. The van der Waals surface area contributed by atoms with E-state index in [1.54, 1.807) is 12.1 Å². The maximum Gasteiger partial charge on any atom is 0.374 e. The van der Waals surface area contributed by atoms with Crippen molar-refractivity contribution >= 4 is 11.7 Å². The fourth-order valence-electron chi connectivity index (χ4n) is 1.40. The number of aromatic nitrogens is 2. The van der Waals surface area contributed by atoms with Gasteiger partial charge in [0.05, 0.1) is 10.5 Å². The van der Waals surface area contributed by atoms with Crippen molar-refractivity contribution in [2.45, 2.75) is 6.61 Å². The molecule has 7 heteroatoms. The summed E-state index contributed by atoms with van der Waals surface area (Å²) in [5, 5.41) is 10.7. The highest BCUT2D eigenvalue weighted by molar-refractivity contribution is 5.85. The number of nitro benzene ring substituents is 1. The maximum absolute atomic E-state index is 11.5. The van der Waals surface area contributed by atoms with Crippen LogP contribution in [0.5, 0.6) is 0 Å². The molecule has 1 heterocycles. The van der Waals surface area contributed by atoms with E-state index in [0.717, 1.165) is 0 Å². The molecule has 0 spiro atoms. The minimum Gasteiger partial charge on any atom is -0.455 e. The third-order valence-electron chi connectivity index (χ3n) is 2.24. The van der Waals surface area contributed by atoms with Gasteiger partial charge in [0.2, 0.25) is 5.82 Å². The van der Waals surface area contributed by atoms with Crippen molar-refractivity contribution in [3.05, 3.63) is 58.2 Å². The van der Waals surface area contributed by atoms with Crippen molar-refractivity contribution in [2.24, 2.45) is 0 Å². The molecular weight excluding hydrogens is 238 g/mol. The molecule has 0 aliphatic heterocycles. The molecular formula is C11H9N3O4. The molecule has 0 bridgehead atoms. The van der Waals surface area contributed by atoms with E-state index in [1.807, 2.05) is 0 Å². The van der Waals surface area contributed by atoms with E-state index in [-0.39, 0.29) is 18.1 Å². The molecule has 0 unspecified atom stereocenters. The third kappa shape index (κ3) is 2.51. The number of hydrogen-bond donors (Lipinski definition) is 1. The van der Waals surface area contributed by atoms with Gasteiger partial charge in [0.25, 0.3) is 5.69 Å². The number of aromatic amines is 1. The second kappa shape index (κ2) is 5.09. The summed E-state index contributed by atoms with van der Waals surface area (Å²) in [5.41, 5.74) is 0.257. The normalized spacial score (nSPS) is 10.0. The second-order valence-electron chi connectivity index (χ2n) is 3.40. The van der Waals surface area contributed by atoms with Gasteiger partial charge in [0.15, 0.2) is 0 Å². The number of para-hydroxylation sites is 1. The summed E-state index contributed by atoms with van der Waals surface area (Å²) in [6.07, 6.45) is 2.91. The molecule has 1 N–H and O–H groups in total. The predicted molar refractivity (Wildman–Crippen MR) is 60.8 cm³/mol. The van der Waals surface area contributed by atoms with Gasteiger partial charge in [-0.05, 0) is 6.07 Å². The molecule has 0 aliphatic rings. The van der Waals surface area contributed by atoms with Gasteiger partial charge in [0.1, 0.15) is 6.61 Å². The van der Waals surface area contributed by atoms with Crippen LogP contribution in [0.1, 0.15) is 16.2 Å². The van der Waals surface area contributed by atoms with Crippen LogP contribution < -0.4 is 0 Å². The number of benzene rings is 1. The number of nitro groups is 1. The first-order valence-corrected chi connectivity index (χ1v) is 5.07. The van der Waals surface area contributed by atoms with Crippen LogP contribution in [0, 0.1) is 10.1 Å². The Hall–Kier alpha value is -2.70. The second-order valence-corrected chi connectivity index (χ2v) is 3.40. The Kier molecular flexibility index (Phi) is 3.33. The Bertz CT molecular complexity index is 565. The molecule has 92 valence electrons. The Labute approximate surface area is 102 Å². The summed E-state index contributed by atoms with van der Waals surface area (Å²) in [6.45, 7) is -0.170. The third-order valence-corrected chi connectivity index (χ3v) is 2.24. The molecule has 1 aromatic heterocycles. The largest absolute Gasteiger partial charge is 0.455 e. The Morgan fingerprint density at radius 1 is 1.44 bits per heavy atom. The fourth-order valence-corrected chi connectivity index (χ4v) is 1.40. The van der Waals surface area contributed by atoms with Crippen LogP contribution in [0.3, 0.4) is 0 Å². The lowest BCUT2D eigenvalue weighted by Gasteiger charge is -2.03. The molecule has 0 saturated carbocycles. The summed E-state index contributed by atoms with van der Waals surface area (Å²) in [7, 11) is 0. The lowest BCUT2D eigenvalue weighted by Crippen LogP contribution is -2.08. The molecule has 0 aliphatic carbocycles. The van der Waals surface area contributed by atoms with Crippen LogP contribution >= 0.6 is 0 Å². The fraction of sp³-hybridized carbons (Fsp3) is 0.0909. The van der Waals surface area contributed by atoms with Crippen molar-refractivity contribution in [1.82, 2.24) is 9.97 Å². The van der Waals surface area contributed by atoms with E-state index in [4.69, 9.17) is 4.74 Å². The number of nitrogens with one attached hydrogen (secondary N) is 1. The standard InChI is InChI=1S/C11H9N3O4/c15-11(10-12-5-6-13-10)18-7-8-3-1-2-4-9(8)14(16)17/h1-6H,7H2,(H,12,13). The molecule has 2 aromatic rings. The Morgan fingerprint density at radius 2 is 2.22 bits per heavy atom. The summed E-state index contributed by atoms with van der Waals surface area (Å²) in [6, 6.07) is 6.09. The van der Waals surface area contributed by atoms with Gasteiger partial charge in [-0.25, -0.2) is 9.78 Å². The van der Waals surface area contributed by atoms with E-state index in [0.29, 0.717) is 5.56 Å². The van der Waals surface area contributed by atoms with Crippen molar-refractivity contribution in [3.63, 3.8) is 0 Å². The summed E-state index contributed by atoms with van der Waals surface area (Å²) in [5.74, 6) is -0.591. The number of imidazole rings is 1. The number of hydrogen-bond acceptors (Lipinski definition) is 5. The molecule has 0 saturated heterocycles. The molecule has 0 fully saturated rings. The molecule has 1 aromatic carbocycles. The smallest absolute Gasteiger partial charge is 0.374 e. The number of carbonyl (C=O) groups is 1. The number of nitrogens with zero attached hydrogens (tertiary/aromatic N) is 2. The average Bonchev–Trinajstić information content (AvgIpc) is 2.90. The van der Waals surface area contributed by atoms with Gasteiger partial charge in [-0.2, -0.15) is 0 Å². The number of rotatable bonds is 4. The monoisotopic (exact) mass is 247 g/mol. The van der Waals surface area contributed by atoms with Crippen LogP contribution in [-0.2, 0) is 11.3 Å². The van der Waals surface area contributed by atoms with E-state index < -0.39 is 10.9 Å². The predicted octanol–water partition coefficient (Wildman–Crippen LogP) is 1.67. The quantitative estimate of drug-likeness (QED) is 0.503. The SMILES string of the molecule is O=C(OCc1ccccc1[N+](=O)[O-])c1ncc[nH]1.